The zero-order chi connectivity index (χ0) is 14.8. The zero-order valence-electron chi connectivity index (χ0n) is 12.2. The van der Waals surface area contributed by atoms with Crippen LogP contribution in [0, 0.1) is 11.3 Å². The molecule has 3 rings (SSSR count). The monoisotopic (exact) mass is 275 g/mol. The molecule has 0 radical (unpaired) electrons. The molecule has 0 saturated heterocycles. The Kier molecular flexibility index (Phi) is 3.45. The van der Waals surface area contributed by atoms with E-state index in [4.69, 9.17) is 5.26 Å². The van der Waals surface area contributed by atoms with Crippen LogP contribution in [0.5, 0.6) is 0 Å². The van der Waals surface area contributed by atoms with Crippen LogP contribution >= 0.6 is 0 Å². The van der Waals surface area contributed by atoms with Gasteiger partial charge in [-0.25, -0.2) is 4.98 Å². The van der Waals surface area contributed by atoms with Gasteiger partial charge in [-0.1, -0.05) is 38.1 Å². The lowest BCUT2D eigenvalue weighted by Crippen LogP contribution is -1.92. The molecule has 3 heteroatoms. The third-order valence-electron chi connectivity index (χ3n) is 3.68. The highest BCUT2D eigenvalue weighted by Gasteiger charge is 2.05. The van der Waals surface area contributed by atoms with E-state index in [9.17, 15) is 0 Å². The average molecular weight is 275 g/mol. The molecule has 0 bridgehead atoms. The van der Waals surface area contributed by atoms with Crippen LogP contribution in [0.2, 0.25) is 0 Å². The number of aromatic nitrogens is 2. The number of hydrogen-bond donors (Lipinski definition) is 1. The summed E-state index contributed by atoms with van der Waals surface area (Å²) in [5, 5.41) is 8.92. The van der Waals surface area contributed by atoms with Crippen molar-refractivity contribution in [1.82, 2.24) is 9.97 Å². The minimum Gasteiger partial charge on any atom is -0.342 e. The number of nitrogens with one attached hydrogen (secondary N) is 1. The lowest BCUT2D eigenvalue weighted by Gasteiger charge is -2.05. The van der Waals surface area contributed by atoms with Crippen molar-refractivity contribution in [3.8, 4) is 6.07 Å². The first kappa shape index (κ1) is 13.4. The van der Waals surface area contributed by atoms with Gasteiger partial charge in [0.1, 0.15) is 5.82 Å². The summed E-state index contributed by atoms with van der Waals surface area (Å²) < 4.78 is 0. The second-order valence-electron chi connectivity index (χ2n) is 5.60. The molecule has 0 fully saturated rings. The van der Waals surface area contributed by atoms with Gasteiger partial charge in [-0.05, 0) is 35.2 Å². The molecule has 0 saturated carbocycles. The van der Waals surface area contributed by atoms with Crippen LogP contribution in [-0.2, 0) is 6.42 Å². The predicted octanol–water partition coefficient (Wildman–Crippen LogP) is 4.15. The molecule has 0 aliphatic heterocycles. The van der Waals surface area contributed by atoms with Gasteiger partial charge in [0.15, 0.2) is 0 Å². The van der Waals surface area contributed by atoms with Gasteiger partial charge in [-0.2, -0.15) is 5.26 Å². The maximum Gasteiger partial charge on any atom is 0.111 e. The molecule has 0 amide bonds. The average Bonchev–Trinajstić information content (AvgIpc) is 2.88. The first-order valence-electron chi connectivity index (χ1n) is 7.13. The number of imidazole rings is 1. The molecule has 104 valence electrons. The van der Waals surface area contributed by atoms with Crippen molar-refractivity contribution in [3.05, 3.63) is 65.0 Å². The van der Waals surface area contributed by atoms with E-state index < -0.39 is 0 Å². The molecular weight excluding hydrogens is 258 g/mol. The number of fused-ring (bicyclic) bond motifs is 1. The van der Waals surface area contributed by atoms with Crippen LogP contribution in [0.4, 0.5) is 0 Å². The highest BCUT2D eigenvalue weighted by molar-refractivity contribution is 5.76. The quantitative estimate of drug-likeness (QED) is 0.780. The number of rotatable bonds is 3. The van der Waals surface area contributed by atoms with Crippen LogP contribution in [0.3, 0.4) is 0 Å². The molecule has 1 N–H and O–H groups in total. The minimum atomic E-state index is 0.551. The largest absolute Gasteiger partial charge is 0.342 e. The summed E-state index contributed by atoms with van der Waals surface area (Å²) in [6, 6.07) is 16.3. The SMILES string of the molecule is CC(C)c1ccc(Cc2nc3cc(C#N)ccc3[nH]2)cc1. The van der Waals surface area contributed by atoms with Gasteiger partial charge in [0.25, 0.3) is 0 Å². The van der Waals surface area contributed by atoms with Crippen LogP contribution in [0.15, 0.2) is 42.5 Å². The van der Waals surface area contributed by atoms with Crippen molar-refractivity contribution in [2.24, 2.45) is 0 Å². The van der Waals surface area contributed by atoms with Gasteiger partial charge < -0.3 is 4.98 Å². The fourth-order valence-electron chi connectivity index (χ4n) is 2.43. The number of hydrogen-bond acceptors (Lipinski definition) is 2. The highest BCUT2D eigenvalue weighted by atomic mass is 14.9. The van der Waals surface area contributed by atoms with Gasteiger partial charge in [0.05, 0.1) is 22.7 Å². The van der Waals surface area contributed by atoms with E-state index in [1.54, 1.807) is 0 Å². The molecule has 0 spiro atoms. The topological polar surface area (TPSA) is 52.5 Å². The van der Waals surface area contributed by atoms with E-state index >= 15 is 0 Å². The number of aromatic amines is 1. The molecule has 21 heavy (non-hydrogen) atoms. The standard InChI is InChI=1S/C18H17N3/c1-12(2)15-6-3-13(4-7-15)10-18-20-16-8-5-14(11-19)9-17(16)21-18/h3-9,12H,10H2,1-2H3,(H,20,21). The van der Waals surface area contributed by atoms with E-state index in [2.05, 4.69) is 54.2 Å². The molecule has 1 aromatic heterocycles. The van der Waals surface area contributed by atoms with Gasteiger partial charge in [-0.3, -0.25) is 0 Å². The highest BCUT2D eigenvalue weighted by Crippen LogP contribution is 2.18. The fraction of sp³-hybridized carbons (Fsp3) is 0.222. The summed E-state index contributed by atoms with van der Waals surface area (Å²) in [4.78, 5) is 7.88. The zero-order valence-corrected chi connectivity index (χ0v) is 12.2. The third-order valence-corrected chi connectivity index (χ3v) is 3.68. The van der Waals surface area contributed by atoms with Crippen molar-refractivity contribution >= 4 is 11.0 Å². The van der Waals surface area contributed by atoms with Crippen LogP contribution in [0.25, 0.3) is 11.0 Å². The van der Waals surface area contributed by atoms with Gasteiger partial charge >= 0.3 is 0 Å². The fourth-order valence-corrected chi connectivity index (χ4v) is 2.43. The lowest BCUT2D eigenvalue weighted by atomic mass is 10.0. The van der Waals surface area contributed by atoms with Crippen LogP contribution in [-0.4, -0.2) is 9.97 Å². The van der Waals surface area contributed by atoms with E-state index in [0.29, 0.717) is 11.5 Å². The molecule has 2 aromatic carbocycles. The Bertz CT molecular complexity index is 805. The number of benzene rings is 2. The molecule has 0 unspecified atom stereocenters. The predicted molar refractivity (Wildman–Crippen MR) is 84.1 cm³/mol. The van der Waals surface area contributed by atoms with Gasteiger partial charge in [0, 0.05) is 6.42 Å². The molecule has 0 aliphatic rings. The summed E-state index contributed by atoms with van der Waals surface area (Å²) in [7, 11) is 0. The Morgan fingerprint density at radius 2 is 1.90 bits per heavy atom. The summed E-state index contributed by atoms with van der Waals surface area (Å²) in [6.45, 7) is 4.39. The molecular formula is C18H17N3. The van der Waals surface area contributed by atoms with Crippen molar-refractivity contribution < 1.29 is 0 Å². The Hall–Kier alpha value is -2.60. The normalized spacial score (nSPS) is 11.0. The first-order valence-corrected chi connectivity index (χ1v) is 7.13. The minimum absolute atomic E-state index is 0.551. The maximum atomic E-state index is 8.92. The molecule has 0 aliphatic carbocycles. The van der Waals surface area contributed by atoms with E-state index in [1.165, 1.54) is 11.1 Å². The van der Waals surface area contributed by atoms with Gasteiger partial charge in [-0.15, -0.1) is 0 Å². The maximum absolute atomic E-state index is 8.92. The number of nitriles is 1. The van der Waals surface area contributed by atoms with Crippen molar-refractivity contribution in [3.63, 3.8) is 0 Å². The molecule has 0 atom stereocenters. The molecule has 3 aromatic rings. The van der Waals surface area contributed by atoms with Gasteiger partial charge in [0.2, 0.25) is 0 Å². The second-order valence-corrected chi connectivity index (χ2v) is 5.60. The first-order chi connectivity index (χ1) is 10.2. The smallest absolute Gasteiger partial charge is 0.111 e. The van der Waals surface area contributed by atoms with Crippen LogP contribution < -0.4 is 0 Å². The molecule has 3 nitrogen and oxygen atoms in total. The number of H-pyrrole nitrogens is 1. The Morgan fingerprint density at radius 1 is 1.14 bits per heavy atom. The number of nitrogens with zero attached hydrogens (tertiary/aromatic N) is 2. The Labute approximate surface area is 124 Å². The summed E-state index contributed by atoms with van der Waals surface area (Å²) in [5.41, 5.74) is 5.05. The van der Waals surface area contributed by atoms with E-state index in [0.717, 1.165) is 23.3 Å². The summed E-state index contributed by atoms with van der Waals surface area (Å²) in [6.07, 6.45) is 0.773. The van der Waals surface area contributed by atoms with E-state index in [1.807, 2.05) is 18.2 Å². The Balaban J connectivity index is 1.86. The van der Waals surface area contributed by atoms with E-state index in [-0.39, 0.29) is 0 Å². The summed E-state index contributed by atoms with van der Waals surface area (Å²) >= 11 is 0. The lowest BCUT2D eigenvalue weighted by molar-refractivity contribution is 0.865. The Morgan fingerprint density at radius 3 is 2.57 bits per heavy atom. The van der Waals surface area contributed by atoms with Crippen molar-refractivity contribution in [1.29, 1.82) is 5.26 Å². The van der Waals surface area contributed by atoms with Crippen molar-refractivity contribution in [2.45, 2.75) is 26.2 Å². The third kappa shape index (κ3) is 2.80. The molecule has 1 heterocycles. The summed E-state index contributed by atoms with van der Waals surface area (Å²) in [5.74, 6) is 1.48. The van der Waals surface area contributed by atoms with Crippen LogP contribution in [0.1, 0.15) is 42.3 Å². The van der Waals surface area contributed by atoms with Crippen molar-refractivity contribution in [2.75, 3.05) is 0 Å². The second kappa shape index (κ2) is 5.41.